The molecule has 0 aliphatic carbocycles. The molecule has 2 aromatic carbocycles. The summed E-state index contributed by atoms with van der Waals surface area (Å²) >= 11 is 0. The standard InChI is InChI=1S/C19H17N4O.Ir/c1-11-8-12(2)17(13(3)9-11)23-10-20-22-19(23)15-6-5-7-16-18(15)24-14(4)21-16;/h5,7-10H,1-4H3;/q-1;. The summed E-state index contributed by atoms with van der Waals surface area (Å²) in [5.74, 6) is 1.33. The van der Waals surface area contributed by atoms with E-state index in [-0.39, 0.29) is 20.1 Å². The van der Waals surface area contributed by atoms with Gasteiger partial charge in [0.1, 0.15) is 6.33 Å². The number of aryl methyl sites for hydroxylation is 4. The fourth-order valence-electron chi connectivity index (χ4n) is 3.29. The summed E-state index contributed by atoms with van der Waals surface area (Å²) in [6.07, 6.45) is 1.73. The molecule has 0 aliphatic heterocycles. The molecule has 1 radical (unpaired) electrons. The van der Waals surface area contributed by atoms with Crippen molar-refractivity contribution >= 4 is 11.1 Å². The zero-order valence-electron chi connectivity index (χ0n) is 14.4. The van der Waals surface area contributed by atoms with Crippen LogP contribution in [0.5, 0.6) is 0 Å². The number of aromatic nitrogens is 4. The summed E-state index contributed by atoms with van der Waals surface area (Å²) in [6.45, 7) is 8.13. The zero-order valence-corrected chi connectivity index (χ0v) is 16.8. The molecule has 6 heteroatoms. The zero-order chi connectivity index (χ0) is 16.8. The first-order chi connectivity index (χ1) is 11.5. The second kappa shape index (κ2) is 6.54. The van der Waals surface area contributed by atoms with Crippen LogP contribution in [0, 0.1) is 33.8 Å². The summed E-state index contributed by atoms with van der Waals surface area (Å²) in [5, 5.41) is 8.44. The van der Waals surface area contributed by atoms with E-state index in [1.54, 1.807) is 6.33 Å². The van der Waals surface area contributed by atoms with Crippen molar-refractivity contribution < 1.29 is 24.5 Å². The number of rotatable bonds is 2. The van der Waals surface area contributed by atoms with Crippen LogP contribution in [0.3, 0.4) is 0 Å². The van der Waals surface area contributed by atoms with Crippen LogP contribution in [0.15, 0.2) is 35.0 Å². The van der Waals surface area contributed by atoms with Gasteiger partial charge in [0.05, 0.1) is 11.4 Å². The summed E-state index contributed by atoms with van der Waals surface area (Å²) in [4.78, 5) is 4.39. The molecule has 0 bridgehead atoms. The summed E-state index contributed by atoms with van der Waals surface area (Å²) in [6, 6.07) is 11.3. The predicted molar refractivity (Wildman–Crippen MR) is 92.1 cm³/mol. The van der Waals surface area contributed by atoms with Gasteiger partial charge >= 0.3 is 0 Å². The van der Waals surface area contributed by atoms with Crippen LogP contribution in [-0.4, -0.2) is 19.7 Å². The maximum atomic E-state index is 5.77. The van der Waals surface area contributed by atoms with Gasteiger partial charge in [0.15, 0.2) is 5.89 Å². The summed E-state index contributed by atoms with van der Waals surface area (Å²) < 4.78 is 7.76. The third kappa shape index (κ3) is 2.92. The molecule has 0 amide bonds. The van der Waals surface area contributed by atoms with Gasteiger partial charge in [-0.15, -0.1) is 23.3 Å². The number of fused-ring (bicyclic) bond motifs is 1. The van der Waals surface area contributed by atoms with E-state index in [1.807, 2.05) is 23.6 Å². The fourth-order valence-corrected chi connectivity index (χ4v) is 3.29. The fraction of sp³-hybridized carbons (Fsp3) is 0.211. The second-order valence-corrected chi connectivity index (χ2v) is 6.07. The Kier molecular flexibility index (Phi) is 4.58. The van der Waals surface area contributed by atoms with E-state index in [0.717, 1.165) is 16.8 Å². The molecule has 0 unspecified atom stereocenters. The summed E-state index contributed by atoms with van der Waals surface area (Å²) in [5.41, 5.74) is 6.93. The Bertz CT molecular complexity index is 1040. The van der Waals surface area contributed by atoms with Crippen LogP contribution in [0.25, 0.3) is 28.2 Å². The minimum absolute atomic E-state index is 0. The molecule has 25 heavy (non-hydrogen) atoms. The number of hydrogen-bond acceptors (Lipinski definition) is 4. The molecule has 5 nitrogen and oxygen atoms in total. The first-order valence-electron chi connectivity index (χ1n) is 7.81. The van der Waals surface area contributed by atoms with Gasteiger partial charge in [-0.25, -0.2) is 4.98 Å². The third-order valence-electron chi connectivity index (χ3n) is 4.10. The average molecular weight is 510 g/mol. The van der Waals surface area contributed by atoms with Crippen molar-refractivity contribution in [1.82, 2.24) is 19.7 Å². The first-order valence-corrected chi connectivity index (χ1v) is 7.81. The molecule has 2 aromatic heterocycles. The van der Waals surface area contributed by atoms with Gasteiger partial charge in [-0.3, -0.25) is 0 Å². The molecule has 0 spiro atoms. The van der Waals surface area contributed by atoms with Crippen molar-refractivity contribution in [3.63, 3.8) is 0 Å². The van der Waals surface area contributed by atoms with Gasteiger partial charge in [-0.1, -0.05) is 23.3 Å². The molecule has 4 rings (SSSR count). The molecular formula is C19H17IrN4O-. The van der Waals surface area contributed by atoms with Crippen molar-refractivity contribution in [2.45, 2.75) is 27.7 Å². The topological polar surface area (TPSA) is 56.7 Å². The third-order valence-corrected chi connectivity index (χ3v) is 4.10. The Balaban J connectivity index is 0.00000182. The monoisotopic (exact) mass is 510 g/mol. The minimum Gasteiger partial charge on any atom is -0.488 e. The van der Waals surface area contributed by atoms with E-state index < -0.39 is 0 Å². The van der Waals surface area contributed by atoms with Gasteiger partial charge < -0.3 is 8.98 Å². The van der Waals surface area contributed by atoms with Crippen LogP contribution in [0.1, 0.15) is 22.6 Å². The van der Waals surface area contributed by atoms with E-state index in [2.05, 4.69) is 54.2 Å². The van der Waals surface area contributed by atoms with Gasteiger partial charge in [0, 0.05) is 38.2 Å². The number of hydrogen-bond donors (Lipinski definition) is 0. The van der Waals surface area contributed by atoms with Crippen molar-refractivity contribution in [3.05, 3.63) is 59.2 Å². The molecule has 4 aromatic rings. The molecule has 0 saturated heterocycles. The average Bonchev–Trinajstić information content (AvgIpc) is 3.11. The predicted octanol–water partition coefficient (Wildman–Crippen LogP) is 4.11. The smallest absolute Gasteiger partial charge is 0.180 e. The van der Waals surface area contributed by atoms with Gasteiger partial charge in [0.2, 0.25) is 0 Å². The van der Waals surface area contributed by atoms with Gasteiger partial charge in [-0.2, -0.15) is 5.10 Å². The van der Waals surface area contributed by atoms with Crippen LogP contribution >= 0.6 is 0 Å². The first kappa shape index (κ1) is 17.5. The quantitative estimate of drug-likeness (QED) is 0.382. The Morgan fingerprint density at radius 1 is 1.08 bits per heavy atom. The number of nitrogens with zero attached hydrogens (tertiary/aromatic N) is 4. The maximum absolute atomic E-state index is 5.77. The molecule has 0 N–H and O–H groups in total. The molecule has 2 heterocycles. The molecule has 0 atom stereocenters. The Morgan fingerprint density at radius 3 is 2.52 bits per heavy atom. The van der Waals surface area contributed by atoms with Crippen molar-refractivity contribution in [2.75, 3.05) is 0 Å². The van der Waals surface area contributed by atoms with Crippen LogP contribution in [0.4, 0.5) is 0 Å². The number of benzene rings is 2. The van der Waals surface area contributed by atoms with E-state index in [0.29, 0.717) is 17.3 Å². The molecule has 0 saturated carbocycles. The van der Waals surface area contributed by atoms with E-state index in [9.17, 15) is 0 Å². The SMILES string of the molecule is Cc1cc(C)c(-n2cnnc2-c2[c-]ccc3nc(C)oc23)c(C)c1.[Ir]. The van der Waals surface area contributed by atoms with Crippen LogP contribution in [0.2, 0.25) is 0 Å². The molecule has 0 fully saturated rings. The largest absolute Gasteiger partial charge is 0.488 e. The minimum atomic E-state index is 0. The normalized spacial score (nSPS) is 10.9. The summed E-state index contributed by atoms with van der Waals surface area (Å²) in [7, 11) is 0. The maximum Gasteiger partial charge on any atom is 0.180 e. The van der Waals surface area contributed by atoms with Crippen molar-refractivity contribution in [3.8, 4) is 17.1 Å². The van der Waals surface area contributed by atoms with E-state index in [1.165, 1.54) is 16.7 Å². The van der Waals surface area contributed by atoms with Gasteiger partial charge in [0.25, 0.3) is 0 Å². The van der Waals surface area contributed by atoms with Crippen molar-refractivity contribution in [2.24, 2.45) is 0 Å². The van der Waals surface area contributed by atoms with Gasteiger partial charge in [-0.05, 0) is 31.9 Å². The van der Waals surface area contributed by atoms with Crippen LogP contribution < -0.4 is 0 Å². The number of oxazole rings is 1. The Morgan fingerprint density at radius 2 is 1.80 bits per heavy atom. The molecule has 129 valence electrons. The molecule has 0 aliphatic rings. The van der Waals surface area contributed by atoms with Crippen molar-refractivity contribution in [1.29, 1.82) is 0 Å². The molecular weight excluding hydrogens is 492 g/mol. The Hall–Kier alpha value is -2.30. The van der Waals surface area contributed by atoms with Crippen LogP contribution in [-0.2, 0) is 20.1 Å². The van der Waals surface area contributed by atoms with E-state index >= 15 is 0 Å². The second-order valence-electron chi connectivity index (χ2n) is 6.07. The Labute approximate surface area is 159 Å². The van der Waals surface area contributed by atoms with E-state index in [4.69, 9.17) is 4.42 Å².